The molecule has 0 unspecified atom stereocenters. The van der Waals surface area contributed by atoms with Gasteiger partial charge in [0.1, 0.15) is 0 Å². The van der Waals surface area contributed by atoms with Crippen LogP contribution < -0.4 is 5.32 Å². The van der Waals surface area contributed by atoms with Gasteiger partial charge in [0.15, 0.2) is 0 Å². The fourth-order valence-electron chi connectivity index (χ4n) is 1.61. The number of hydrogen-bond donors (Lipinski definition) is 1. The zero-order chi connectivity index (χ0) is 11.5. The van der Waals surface area contributed by atoms with Crippen LogP contribution in [0.3, 0.4) is 0 Å². The van der Waals surface area contributed by atoms with Gasteiger partial charge in [0.05, 0.1) is 23.6 Å². The molecule has 0 bridgehead atoms. The van der Waals surface area contributed by atoms with Gasteiger partial charge in [-0.2, -0.15) is 10.2 Å². The summed E-state index contributed by atoms with van der Waals surface area (Å²) in [5.74, 6) is 0. The van der Waals surface area contributed by atoms with Gasteiger partial charge in [-0.1, -0.05) is 0 Å². The van der Waals surface area contributed by atoms with Gasteiger partial charge in [-0.15, -0.1) is 0 Å². The van der Waals surface area contributed by atoms with E-state index in [0.29, 0.717) is 0 Å². The van der Waals surface area contributed by atoms with E-state index < -0.39 is 0 Å². The average Bonchev–Trinajstić information content (AvgIpc) is 2.82. The molecule has 2 heterocycles. The van der Waals surface area contributed by atoms with Crippen LogP contribution in [0, 0.1) is 6.92 Å². The number of nitrogens with zero attached hydrogens (tertiary/aromatic N) is 4. The molecule has 2 aromatic heterocycles. The van der Waals surface area contributed by atoms with Crippen molar-refractivity contribution < 1.29 is 0 Å². The van der Waals surface area contributed by atoms with Crippen LogP contribution >= 0.6 is 0 Å². The Bertz CT molecular complexity index is 468. The predicted molar refractivity (Wildman–Crippen MR) is 63.2 cm³/mol. The molecule has 2 aromatic rings. The van der Waals surface area contributed by atoms with E-state index in [1.54, 1.807) is 6.20 Å². The molecule has 0 radical (unpaired) electrons. The maximum Gasteiger partial charge on any atom is 0.0825 e. The minimum atomic E-state index is 0.771. The zero-order valence-corrected chi connectivity index (χ0v) is 9.94. The van der Waals surface area contributed by atoms with E-state index >= 15 is 0 Å². The maximum absolute atomic E-state index is 4.38. The monoisotopic (exact) mass is 219 g/mol. The molecule has 2 rings (SSSR count). The minimum absolute atomic E-state index is 0.771. The highest BCUT2D eigenvalue weighted by atomic mass is 15.3. The van der Waals surface area contributed by atoms with Gasteiger partial charge >= 0.3 is 0 Å². The van der Waals surface area contributed by atoms with Crippen molar-refractivity contribution in [3.05, 3.63) is 29.8 Å². The standard InChI is InChI=1S/C11H17N5/c1-4-16-8-11(9(2)14-16)12-7-10-5-6-13-15(10)3/h5-6,8,12H,4,7H2,1-3H3. The third-order valence-corrected chi connectivity index (χ3v) is 2.65. The first-order valence-electron chi connectivity index (χ1n) is 5.45. The summed E-state index contributed by atoms with van der Waals surface area (Å²) in [7, 11) is 1.94. The third-order valence-electron chi connectivity index (χ3n) is 2.65. The van der Waals surface area contributed by atoms with Crippen LogP contribution in [0.2, 0.25) is 0 Å². The Kier molecular flexibility index (Phi) is 2.94. The van der Waals surface area contributed by atoms with Crippen LogP contribution in [-0.2, 0) is 20.1 Å². The molecule has 5 nitrogen and oxygen atoms in total. The number of hydrogen-bond acceptors (Lipinski definition) is 3. The molecule has 0 aromatic carbocycles. The summed E-state index contributed by atoms with van der Waals surface area (Å²) >= 11 is 0. The highest BCUT2D eigenvalue weighted by Crippen LogP contribution is 2.13. The first kappa shape index (κ1) is 10.7. The summed E-state index contributed by atoms with van der Waals surface area (Å²) in [5.41, 5.74) is 3.27. The third kappa shape index (κ3) is 2.08. The van der Waals surface area contributed by atoms with Crippen LogP contribution in [0.25, 0.3) is 0 Å². The lowest BCUT2D eigenvalue weighted by atomic mass is 10.3. The molecule has 0 saturated heterocycles. The van der Waals surface area contributed by atoms with E-state index in [2.05, 4.69) is 22.4 Å². The highest BCUT2D eigenvalue weighted by Gasteiger charge is 2.04. The van der Waals surface area contributed by atoms with Crippen molar-refractivity contribution in [1.29, 1.82) is 0 Å². The topological polar surface area (TPSA) is 47.7 Å². The summed E-state index contributed by atoms with van der Waals surface area (Å²) in [6, 6.07) is 2.01. The number of rotatable bonds is 4. The van der Waals surface area contributed by atoms with Gasteiger partial charge in [-0.25, -0.2) is 0 Å². The van der Waals surface area contributed by atoms with Crippen molar-refractivity contribution in [2.75, 3.05) is 5.32 Å². The molecule has 0 spiro atoms. The molecule has 86 valence electrons. The quantitative estimate of drug-likeness (QED) is 0.848. The second-order valence-electron chi connectivity index (χ2n) is 3.78. The maximum atomic E-state index is 4.38. The van der Waals surface area contributed by atoms with Crippen LogP contribution in [0.5, 0.6) is 0 Å². The molecule has 0 atom stereocenters. The van der Waals surface area contributed by atoms with E-state index in [4.69, 9.17) is 0 Å². The van der Waals surface area contributed by atoms with Gasteiger partial charge in [0.2, 0.25) is 0 Å². The van der Waals surface area contributed by atoms with E-state index in [0.717, 1.165) is 30.2 Å². The van der Waals surface area contributed by atoms with E-state index in [9.17, 15) is 0 Å². The van der Waals surface area contributed by atoms with Crippen LogP contribution in [0.15, 0.2) is 18.5 Å². The first-order chi connectivity index (χ1) is 7.70. The van der Waals surface area contributed by atoms with Crippen molar-refractivity contribution in [1.82, 2.24) is 19.6 Å². The molecule has 5 heteroatoms. The molecule has 0 saturated carbocycles. The van der Waals surface area contributed by atoms with E-state index in [1.165, 1.54) is 0 Å². The number of nitrogens with one attached hydrogen (secondary N) is 1. The minimum Gasteiger partial charge on any atom is -0.377 e. The molecule has 1 N–H and O–H groups in total. The Morgan fingerprint density at radius 1 is 1.44 bits per heavy atom. The lowest BCUT2D eigenvalue weighted by Gasteiger charge is -2.04. The number of aryl methyl sites for hydroxylation is 3. The van der Waals surface area contributed by atoms with Gasteiger partial charge in [-0.05, 0) is 19.9 Å². The second kappa shape index (κ2) is 4.38. The molecule has 0 aliphatic rings. The number of anilines is 1. The van der Waals surface area contributed by atoms with E-state index in [1.807, 2.05) is 35.6 Å². The fourth-order valence-corrected chi connectivity index (χ4v) is 1.61. The smallest absolute Gasteiger partial charge is 0.0825 e. The van der Waals surface area contributed by atoms with Crippen molar-refractivity contribution in [2.24, 2.45) is 7.05 Å². The Labute approximate surface area is 95.1 Å². The second-order valence-corrected chi connectivity index (χ2v) is 3.78. The Hall–Kier alpha value is -1.78. The molecular weight excluding hydrogens is 202 g/mol. The fraction of sp³-hybridized carbons (Fsp3) is 0.455. The lowest BCUT2D eigenvalue weighted by molar-refractivity contribution is 0.653. The summed E-state index contributed by atoms with van der Waals surface area (Å²) in [4.78, 5) is 0. The largest absolute Gasteiger partial charge is 0.377 e. The Morgan fingerprint density at radius 2 is 2.25 bits per heavy atom. The Morgan fingerprint density at radius 3 is 2.81 bits per heavy atom. The SMILES string of the molecule is CCn1cc(NCc2ccnn2C)c(C)n1. The van der Waals surface area contributed by atoms with Crippen LogP contribution in [-0.4, -0.2) is 19.6 Å². The molecular formula is C11H17N5. The molecule has 0 amide bonds. The molecule has 0 aliphatic heterocycles. The van der Waals surface area contributed by atoms with Crippen LogP contribution in [0.1, 0.15) is 18.3 Å². The van der Waals surface area contributed by atoms with Crippen molar-refractivity contribution in [3.8, 4) is 0 Å². The van der Waals surface area contributed by atoms with Crippen molar-refractivity contribution >= 4 is 5.69 Å². The molecule has 0 aliphatic carbocycles. The number of aromatic nitrogens is 4. The van der Waals surface area contributed by atoms with Gasteiger partial charge < -0.3 is 5.32 Å². The summed E-state index contributed by atoms with van der Waals surface area (Å²) < 4.78 is 3.80. The Balaban J connectivity index is 2.04. The van der Waals surface area contributed by atoms with E-state index in [-0.39, 0.29) is 0 Å². The van der Waals surface area contributed by atoms with Gasteiger partial charge in [0.25, 0.3) is 0 Å². The molecule has 0 fully saturated rings. The average molecular weight is 219 g/mol. The normalized spacial score (nSPS) is 10.7. The predicted octanol–water partition coefficient (Wildman–Crippen LogP) is 1.56. The van der Waals surface area contributed by atoms with Gasteiger partial charge in [-0.3, -0.25) is 9.36 Å². The van der Waals surface area contributed by atoms with Gasteiger partial charge in [0, 0.05) is 26.0 Å². The summed E-state index contributed by atoms with van der Waals surface area (Å²) in [6.07, 6.45) is 3.84. The lowest BCUT2D eigenvalue weighted by Crippen LogP contribution is -2.05. The zero-order valence-electron chi connectivity index (χ0n) is 9.94. The molecule has 16 heavy (non-hydrogen) atoms. The summed E-state index contributed by atoms with van der Waals surface area (Å²) in [5, 5.41) is 11.9. The van der Waals surface area contributed by atoms with Crippen LogP contribution in [0.4, 0.5) is 5.69 Å². The summed E-state index contributed by atoms with van der Waals surface area (Å²) in [6.45, 7) is 5.76. The highest BCUT2D eigenvalue weighted by molar-refractivity contribution is 5.45. The van der Waals surface area contributed by atoms with Crippen molar-refractivity contribution in [2.45, 2.75) is 26.9 Å². The first-order valence-corrected chi connectivity index (χ1v) is 5.45. The van der Waals surface area contributed by atoms with Crippen molar-refractivity contribution in [3.63, 3.8) is 0 Å².